The molecule has 0 spiro atoms. The van der Waals surface area contributed by atoms with E-state index in [0.717, 1.165) is 50.5 Å². The number of aryl methyl sites for hydroxylation is 1. The Balaban J connectivity index is 1.78. The van der Waals surface area contributed by atoms with Gasteiger partial charge in [0.1, 0.15) is 0 Å². The van der Waals surface area contributed by atoms with Gasteiger partial charge in [0, 0.05) is 37.4 Å². The summed E-state index contributed by atoms with van der Waals surface area (Å²) in [6, 6.07) is 13.5. The summed E-state index contributed by atoms with van der Waals surface area (Å²) in [6.45, 7) is 9.34. The molecule has 1 aliphatic heterocycles. The summed E-state index contributed by atoms with van der Waals surface area (Å²) >= 11 is 0. The highest BCUT2D eigenvalue weighted by Gasteiger charge is 2.19. The van der Waals surface area contributed by atoms with Crippen LogP contribution in [0.5, 0.6) is 0 Å². The van der Waals surface area contributed by atoms with Gasteiger partial charge >= 0.3 is 0 Å². The smallest absolute Gasteiger partial charge is 0.255 e. The fourth-order valence-corrected chi connectivity index (χ4v) is 3.32. The quantitative estimate of drug-likeness (QED) is 0.811. The van der Waals surface area contributed by atoms with Crippen LogP contribution in [-0.4, -0.2) is 43.5 Å². The Hall–Kier alpha value is -2.53. The van der Waals surface area contributed by atoms with Gasteiger partial charge in [0.2, 0.25) is 0 Å². The minimum atomic E-state index is -0.105. The van der Waals surface area contributed by atoms with Gasteiger partial charge in [-0.1, -0.05) is 26.0 Å². The number of likely N-dealkylation sites (N-methyl/N-ethyl adjacent to an activating group) is 1. The zero-order valence-corrected chi connectivity index (χ0v) is 15.7. The zero-order chi connectivity index (χ0) is 18.5. The second-order valence-corrected chi connectivity index (χ2v) is 6.70. The van der Waals surface area contributed by atoms with Gasteiger partial charge in [-0.3, -0.25) is 4.79 Å². The maximum atomic E-state index is 12.7. The molecule has 5 heteroatoms. The summed E-state index contributed by atoms with van der Waals surface area (Å²) in [5, 5.41) is 3.05. The molecule has 0 aromatic heterocycles. The van der Waals surface area contributed by atoms with Crippen molar-refractivity contribution in [3.05, 3.63) is 53.6 Å². The molecule has 0 bridgehead atoms. The molecule has 26 heavy (non-hydrogen) atoms. The summed E-state index contributed by atoms with van der Waals surface area (Å²) in [6.07, 6.45) is 0.963. The van der Waals surface area contributed by atoms with Crippen LogP contribution in [0.15, 0.2) is 42.5 Å². The van der Waals surface area contributed by atoms with E-state index < -0.39 is 0 Å². The number of amides is 1. The third-order valence-electron chi connectivity index (χ3n) is 5.05. The molecule has 0 atom stereocenters. The molecule has 3 N–H and O–H groups in total. The first-order valence-corrected chi connectivity index (χ1v) is 9.37. The van der Waals surface area contributed by atoms with Crippen molar-refractivity contribution in [1.29, 1.82) is 0 Å². The molecule has 2 aromatic carbocycles. The van der Waals surface area contributed by atoms with Crippen molar-refractivity contribution in [2.24, 2.45) is 0 Å². The molecular formula is C21H28N4O. The van der Waals surface area contributed by atoms with Gasteiger partial charge in [-0.15, -0.1) is 0 Å². The van der Waals surface area contributed by atoms with Crippen LogP contribution in [-0.2, 0) is 6.42 Å². The van der Waals surface area contributed by atoms with Gasteiger partial charge < -0.3 is 20.9 Å². The van der Waals surface area contributed by atoms with Crippen LogP contribution in [0, 0.1) is 0 Å². The lowest BCUT2D eigenvalue weighted by molar-refractivity contribution is 0.102. The van der Waals surface area contributed by atoms with Crippen LogP contribution in [0.3, 0.4) is 0 Å². The Bertz CT molecular complexity index is 749. The van der Waals surface area contributed by atoms with Crippen molar-refractivity contribution < 1.29 is 4.79 Å². The van der Waals surface area contributed by atoms with Crippen LogP contribution in [0.25, 0.3) is 0 Å². The number of nitrogens with two attached hydrogens (primary N) is 1. The lowest BCUT2D eigenvalue weighted by Crippen LogP contribution is -2.46. The summed E-state index contributed by atoms with van der Waals surface area (Å²) in [5.41, 5.74) is 10.3. The molecule has 1 saturated heterocycles. The van der Waals surface area contributed by atoms with Crippen molar-refractivity contribution in [3.63, 3.8) is 0 Å². The Morgan fingerprint density at radius 2 is 1.73 bits per heavy atom. The highest BCUT2D eigenvalue weighted by Crippen LogP contribution is 2.29. The molecule has 0 aliphatic carbocycles. The average molecular weight is 352 g/mol. The number of nitrogens with zero attached hydrogens (tertiary/aromatic N) is 2. The van der Waals surface area contributed by atoms with Crippen molar-refractivity contribution >= 4 is 23.0 Å². The van der Waals surface area contributed by atoms with Crippen LogP contribution < -0.4 is 16.0 Å². The number of benzene rings is 2. The fraction of sp³-hybridized carbons (Fsp3) is 0.381. The number of carbonyl (C=O) groups is 1. The molecule has 0 unspecified atom stereocenters. The van der Waals surface area contributed by atoms with Crippen LogP contribution in [0.1, 0.15) is 29.8 Å². The normalized spacial score (nSPS) is 15.1. The molecule has 1 fully saturated rings. The number of anilines is 3. The predicted octanol–water partition coefficient (Wildman–Crippen LogP) is 3.23. The van der Waals surface area contributed by atoms with E-state index in [1.807, 2.05) is 42.5 Å². The molecule has 3 rings (SSSR count). The Morgan fingerprint density at radius 3 is 2.35 bits per heavy atom. The van der Waals surface area contributed by atoms with E-state index >= 15 is 0 Å². The average Bonchev–Trinajstić information content (AvgIpc) is 2.68. The Morgan fingerprint density at radius 1 is 1.04 bits per heavy atom. The lowest BCUT2D eigenvalue weighted by atomic mass is 10.1. The largest absolute Gasteiger partial charge is 0.399 e. The van der Waals surface area contributed by atoms with Crippen LogP contribution in [0.2, 0.25) is 0 Å². The second kappa shape index (κ2) is 8.23. The SMILES string of the molecule is CCc1ccc(C(=O)Nc2cc(N)ccc2N2CCN(CC)CC2)cc1. The fourth-order valence-electron chi connectivity index (χ4n) is 3.32. The van der Waals surface area contributed by atoms with Gasteiger partial charge in [0.25, 0.3) is 5.91 Å². The monoisotopic (exact) mass is 352 g/mol. The summed E-state index contributed by atoms with van der Waals surface area (Å²) in [5.74, 6) is -0.105. The third-order valence-corrected chi connectivity index (χ3v) is 5.05. The highest BCUT2D eigenvalue weighted by atomic mass is 16.1. The zero-order valence-electron chi connectivity index (χ0n) is 15.7. The van der Waals surface area contributed by atoms with Crippen molar-refractivity contribution in [1.82, 2.24) is 4.90 Å². The number of nitrogen functional groups attached to an aromatic ring is 1. The number of hydrogen-bond acceptors (Lipinski definition) is 4. The van der Waals surface area contributed by atoms with E-state index in [0.29, 0.717) is 11.3 Å². The van der Waals surface area contributed by atoms with E-state index in [2.05, 4.69) is 29.0 Å². The van der Waals surface area contributed by atoms with Crippen LogP contribution in [0.4, 0.5) is 17.1 Å². The molecule has 1 heterocycles. The van der Waals surface area contributed by atoms with Crippen molar-refractivity contribution in [3.8, 4) is 0 Å². The minimum Gasteiger partial charge on any atom is -0.399 e. The van der Waals surface area contributed by atoms with Gasteiger partial charge in [-0.25, -0.2) is 0 Å². The Labute approximate surface area is 155 Å². The van der Waals surface area contributed by atoms with Gasteiger partial charge in [0.15, 0.2) is 0 Å². The first-order chi connectivity index (χ1) is 12.6. The maximum Gasteiger partial charge on any atom is 0.255 e. The molecule has 1 amide bonds. The maximum absolute atomic E-state index is 12.7. The minimum absolute atomic E-state index is 0.105. The van der Waals surface area contributed by atoms with Gasteiger partial charge in [-0.2, -0.15) is 0 Å². The molecular weight excluding hydrogens is 324 g/mol. The number of piperazine rings is 1. The molecule has 0 saturated carbocycles. The predicted molar refractivity (Wildman–Crippen MR) is 109 cm³/mol. The molecule has 138 valence electrons. The highest BCUT2D eigenvalue weighted by molar-refractivity contribution is 6.06. The van der Waals surface area contributed by atoms with Gasteiger partial charge in [-0.05, 0) is 48.9 Å². The number of carbonyl (C=O) groups excluding carboxylic acids is 1. The molecule has 0 radical (unpaired) electrons. The van der Waals surface area contributed by atoms with Crippen molar-refractivity contribution in [2.45, 2.75) is 20.3 Å². The van der Waals surface area contributed by atoms with Gasteiger partial charge in [0.05, 0.1) is 11.4 Å². The van der Waals surface area contributed by atoms with E-state index in [1.165, 1.54) is 5.56 Å². The van der Waals surface area contributed by atoms with E-state index in [-0.39, 0.29) is 5.91 Å². The number of rotatable bonds is 5. The lowest BCUT2D eigenvalue weighted by Gasteiger charge is -2.36. The first kappa shape index (κ1) is 18.3. The second-order valence-electron chi connectivity index (χ2n) is 6.70. The van der Waals surface area contributed by atoms with E-state index in [4.69, 9.17) is 5.73 Å². The Kier molecular flexibility index (Phi) is 5.78. The standard InChI is InChI=1S/C21H28N4O/c1-3-16-5-7-17(8-6-16)21(26)23-19-15-18(22)9-10-20(19)25-13-11-24(4-2)12-14-25/h5-10,15H,3-4,11-14,22H2,1-2H3,(H,23,26). The van der Waals surface area contributed by atoms with E-state index in [9.17, 15) is 4.79 Å². The molecule has 5 nitrogen and oxygen atoms in total. The molecule has 1 aliphatic rings. The third kappa shape index (κ3) is 4.17. The number of hydrogen-bond donors (Lipinski definition) is 2. The van der Waals surface area contributed by atoms with Crippen LogP contribution >= 0.6 is 0 Å². The topological polar surface area (TPSA) is 61.6 Å². The first-order valence-electron chi connectivity index (χ1n) is 9.37. The molecule has 2 aromatic rings. The van der Waals surface area contributed by atoms with Crippen molar-refractivity contribution in [2.75, 3.05) is 48.7 Å². The number of nitrogens with one attached hydrogen (secondary N) is 1. The summed E-state index contributed by atoms with van der Waals surface area (Å²) < 4.78 is 0. The van der Waals surface area contributed by atoms with E-state index in [1.54, 1.807) is 0 Å². The summed E-state index contributed by atoms with van der Waals surface area (Å²) in [7, 11) is 0. The summed E-state index contributed by atoms with van der Waals surface area (Å²) in [4.78, 5) is 17.4.